The number of hydrogen-bond donors (Lipinski definition) is 1. The fourth-order valence-electron chi connectivity index (χ4n) is 3.52. The lowest BCUT2D eigenvalue weighted by molar-refractivity contribution is 0.0733. The Kier molecular flexibility index (Phi) is 5.14. The molecule has 1 unspecified atom stereocenters. The summed E-state index contributed by atoms with van der Waals surface area (Å²) >= 11 is 0. The number of aryl methyl sites for hydroxylation is 1. The van der Waals surface area contributed by atoms with Crippen molar-refractivity contribution in [3.8, 4) is 17.6 Å². The van der Waals surface area contributed by atoms with Gasteiger partial charge in [-0.25, -0.2) is 13.6 Å². The molecule has 0 radical (unpaired) electrons. The Labute approximate surface area is 176 Å². The molecule has 0 saturated heterocycles. The third-order valence-electron chi connectivity index (χ3n) is 5.04. The van der Waals surface area contributed by atoms with E-state index in [1.54, 1.807) is 31.2 Å². The van der Waals surface area contributed by atoms with Crippen molar-refractivity contribution in [2.45, 2.75) is 12.8 Å². The Bertz CT molecular complexity index is 1280. The van der Waals surface area contributed by atoms with Crippen molar-refractivity contribution >= 4 is 5.97 Å². The molecule has 5 nitrogen and oxygen atoms in total. The summed E-state index contributed by atoms with van der Waals surface area (Å²) in [7, 11) is 0. The first-order chi connectivity index (χ1) is 14.9. The summed E-state index contributed by atoms with van der Waals surface area (Å²) in [6.07, 6.45) is 0. The van der Waals surface area contributed by atoms with Crippen LogP contribution < -0.4 is 15.2 Å². The predicted octanol–water partition coefficient (Wildman–Crippen LogP) is 4.71. The van der Waals surface area contributed by atoms with E-state index >= 15 is 0 Å². The zero-order valence-electron chi connectivity index (χ0n) is 16.4. The summed E-state index contributed by atoms with van der Waals surface area (Å²) in [5, 5.41) is 9.56. The van der Waals surface area contributed by atoms with Crippen molar-refractivity contribution in [2.24, 2.45) is 5.73 Å². The molecule has 0 aromatic heterocycles. The summed E-state index contributed by atoms with van der Waals surface area (Å²) in [6, 6.07) is 16.6. The van der Waals surface area contributed by atoms with Gasteiger partial charge in [-0.3, -0.25) is 0 Å². The number of benzene rings is 3. The van der Waals surface area contributed by atoms with Gasteiger partial charge in [0, 0.05) is 23.3 Å². The largest absolute Gasteiger partial charge is 0.440 e. The second kappa shape index (κ2) is 7.92. The number of rotatable bonds is 3. The summed E-state index contributed by atoms with van der Waals surface area (Å²) in [5.74, 6) is -2.78. The van der Waals surface area contributed by atoms with Crippen molar-refractivity contribution < 1.29 is 23.0 Å². The van der Waals surface area contributed by atoms with Crippen LogP contribution in [-0.2, 0) is 0 Å². The molecule has 0 fully saturated rings. The van der Waals surface area contributed by atoms with Gasteiger partial charge in [0.2, 0.25) is 5.88 Å². The van der Waals surface area contributed by atoms with Crippen molar-refractivity contribution in [3.63, 3.8) is 0 Å². The van der Waals surface area contributed by atoms with Crippen molar-refractivity contribution in [3.05, 3.63) is 106 Å². The van der Waals surface area contributed by atoms with Crippen LogP contribution in [0.25, 0.3) is 0 Å². The average Bonchev–Trinajstić information content (AvgIpc) is 2.73. The molecular formula is C24H16F2N2O3. The molecule has 1 aliphatic heterocycles. The third-order valence-corrected chi connectivity index (χ3v) is 5.04. The normalized spacial score (nSPS) is 15.0. The molecular weight excluding hydrogens is 402 g/mol. The van der Waals surface area contributed by atoms with Gasteiger partial charge >= 0.3 is 5.97 Å². The van der Waals surface area contributed by atoms with Gasteiger partial charge < -0.3 is 15.2 Å². The standard InChI is InChI=1S/C24H16F2N2O3/c1-13-4-2-3-5-16(13)24(29)30-15-7-9-18-21(11-15)31-23(28)19(12-27)22(18)17-8-6-14(25)10-20(17)26/h2-11,22H,28H2,1H3. The lowest BCUT2D eigenvalue weighted by atomic mass is 9.83. The molecule has 1 atom stereocenters. The zero-order valence-corrected chi connectivity index (χ0v) is 16.4. The number of nitriles is 1. The Balaban J connectivity index is 1.73. The molecule has 2 N–H and O–H groups in total. The predicted molar refractivity (Wildman–Crippen MR) is 108 cm³/mol. The van der Waals surface area contributed by atoms with Crippen LogP contribution in [0.2, 0.25) is 0 Å². The summed E-state index contributed by atoms with van der Waals surface area (Å²) < 4.78 is 38.9. The van der Waals surface area contributed by atoms with E-state index in [9.17, 15) is 18.8 Å². The fraction of sp³-hybridized carbons (Fsp3) is 0.0833. The second-order valence-electron chi connectivity index (χ2n) is 6.99. The van der Waals surface area contributed by atoms with Crippen LogP contribution in [-0.4, -0.2) is 5.97 Å². The van der Waals surface area contributed by atoms with Crippen molar-refractivity contribution in [2.75, 3.05) is 0 Å². The maximum absolute atomic E-state index is 14.5. The van der Waals surface area contributed by atoms with Gasteiger partial charge in [-0.05, 0) is 30.7 Å². The number of nitrogens with two attached hydrogens (primary N) is 1. The Hall–Kier alpha value is -4.18. The van der Waals surface area contributed by atoms with Crippen molar-refractivity contribution in [1.82, 2.24) is 0 Å². The first-order valence-electron chi connectivity index (χ1n) is 9.33. The van der Waals surface area contributed by atoms with Gasteiger partial charge in [0.25, 0.3) is 0 Å². The van der Waals surface area contributed by atoms with Crippen molar-refractivity contribution in [1.29, 1.82) is 5.26 Å². The van der Waals surface area contributed by atoms with E-state index in [1.807, 2.05) is 12.1 Å². The van der Waals surface area contributed by atoms with Gasteiger partial charge in [-0.15, -0.1) is 0 Å². The van der Waals surface area contributed by atoms with Gasteiger partial charge in [-0.1, -0.05) is 30.3 Å². The van der Waals surface area contributed by atoms with E-state index in [0.29, 0.717) is 11.1 Å². The zero-order chi connectivity index (χ0) is 22.1. The van der Waals surface area contributed by atoms with Gasteiger partial charge in [0.05, 0.1) is 11.5 Å². The smallest absolute Gasteiger partial charge is 0.343 e. The second-order valence-corrected chi connectivity index (χ2v) is 6.99. The van der Waals surface area contributed by atoms with Gasteiger partial charge in [0.1, 0.15) is 34.8 Å². The van der Waals surface area contributed by atoms with E-state index in [-0.39, 0.29) is 28.5 Å². The lowest BCUT2D eigenvalue weighted by Gasteiger charge is -2.27. The van der Waals surface area contributed by atoms with E-state index in [0.717, 1.165) is 17.7 Å². The topological polar surface area (TPSA) is 85.3 Å². The minimum Gasteiger partial charge on any atom is -0.440 e. The summed E-state index contributed by atoms with van der Waals surface area (Å²) in [4.78, 5) is 12.5. The number of carbonyl (C=O) groups is 1. The lowest BCUT2D eigenvalue weighted by Crippen LogP contribution is -2.22. The van der Waals surface area contributed by atoms with Crippen LogP contribution in [0.1, 0.15) is 33.0 Å². The first kappa shape index (κ1) is 20.1. The maximum atomic E-state index is 14.5. The molecule has 0 saturated carbocycles. The highest BCUT2D eigenvalue weighted by Crippen LogP contribution is 2.44. The van der Waals surface area contributed by atoms with Crippen LogP contribution in [0.3, 0.4) is 0 Å². The molecule has 1 aliphatic rings. The number of carbonyl (C=O) groups excluding carboxylic acids is 1. The van der Waals surface area contributed by atoms with E-state index in [2.05, 4.69) is 0 Å². The highest BCUT2D eigenvalue weighted by molar-refractivity contribution is 5.92. The minimum atomic E-state index is -0.893. The molecule has 0 amide bonds. The molecule has 3 aromatic rings. The van der Waals surface area contributed by atoms with Crippen LogP contribution >= 0.6 is 0 Å². The minimum absolute atomic E-state index is 0.00247. The van der Waals surface area contributed by atoms with Crippen LogP contribution in [0, 0.1) is 29.9 Å². The van der Waals surface area contributed by atoms with Crippen LogP contribution in [0.5, 0.6) is 11.5 Å². The summed E-state index contributed by atoms with van der Waals surface area (Å²) in [5.41, 5.74) is 7.60. The average molecular weight is 418 g/mol. The number of fused-ring (bicyclic) bond motifs is 1. The molecule has 7 heteroatoms. The highest BCUT2D eigenvalue weighted by Gasteiger charge is 2.33. The van der Waals surface area contributed by atoms with Gasteiger partial charge in [0.15, 0.2) is 0 Å². The monoisotopic (exact) mass is 418 g/mol. The molecule has 4 rings (SSSR count). The Morgan fingerprint density at radius 3 is 2.55 bits per heavy atom. The van der Waals surface area contributed by atoms with E-state index in [1.165, 1.54) is 18.2 Å². The number of hydrogen-bond acceptors (Lipinski definition) is 5. The number of nitrogens with zero attached hydrogens (tertiary/aromatic N) is 1. The molecule has 31 heavy (non-hydrogen) atoms. The Morgan fingerprint density at radius 2 is 1.84 bits per heavy atom. The Morgan fingerprint density at radius 1 is 1.10 bits per heavy atom. The quantitative estimate of drug-likeness (QED) is 0.492. The molecule has 0 aliphatic carbocycles. The van der Waals surface area contributed by atoms with E-state index < -0.39 is 23.5 Å². The fourth-order valence-corrected chi connectivity index (χ4v) is 3.52. The number of esters is 1. The SMILES string of the molecule is Cc1ccccc1C(=O)Oc1ccc2c(c1)OC(N)=C(C#N)C2c1ccc(F)cc1F. The number of allylic oxidation sites excluding steroid dienone is 1. The molecule has 1 heterocycles. The molecule has 154 valence electrons. The number of ether oxygens (including phenoxy) is 2. The first-order valence-corrected chi connectivity index (χ1v) is 9.33. The third kappa shape index (κ3) is 3.71. The summed E-state index contributed by atoms with van der Waals surface area (Å²) in [6.45, 7) is 1.79. The van der Waals surface area contributed by atoms with Crippen LogP contribution in [0.15, 0.2) is 72.1 Å². The highest BCUT2D eigenvalue weighted by atomic mass is 19.1. The van der Waals surface area contributed by atoms with E-state index in [4.69, 9.17) is 15.2 Å². The molecule has 0 spiro atoms. The van der Waals surface area contributed by atoms with Gasteiger partial charge in [-0.2, -0.15) is 5.26 Å². The molecule has 0 bridgehead atoms. The maximum Gasteiger partial charge on any atom is 0.343 e. The number of halogens is 2. The molecule has 3 aromatic carbocycles. The van der Waals surface area contributed by atoms with Crippen LogP contribution in [0.4, 0.5) is 8.78 Å².